The van der Waals surface area contributed by atoms with E-state index in [1.807, 2.05) is 0 Å². The molecule has 1 fully saturated rings. The second-order valence-electron chi connectivity index (χ2n) is 5.04. The number of benzene rings is 1. The molecular weight excluding hydrogens is 264 g/mol. The van der Waals surface area contributed by atoms with E-state index in [1.165, 1.54) is 12.1 Å². The zero-order valence-electron chi connectivity index (χ0n) is 11.1. The molecule has 6 heteroatoms. The summed E-state index contributed by atoms with van der Waals surface area (Å²) in [5.41, 5.74) is 0.112. The molecule has 0 atom stereocenters. The van der Waals surface area contributed by atoms with Gasteiger partial charge in [-0.15, -0.1) is 0 Å². The van der Waals surface area contributed by atoms with Gasteiger partial charge in [0.25, 0.3) is 5.89 Å². The Bertz CT molecular complexity index is 621. The first kappa shape index (κ1) is 13.2. The smallest absolute Gasteiger partial charge is 0.263 e. The number of piperidine rings is 1. The molecule has 4 nitrogen and oxygen atoms in total. The molecule has 1 aliphatic heterocycles. The molecule has 0 spiro atoms. The number of rotatable bonds is 2. The molecule has 0 aliphatic carbocycles. The van der Waals surface area contributed by atoms with Crippen molar-refractivity contribution in [1.82, 2.24) is 15.5 Å². The minimum atomic E-state index is -0.686. The number of aromatic nitrogens is 2. The van der Waals surface area contributed by atoms with Crippen LogP contribution in [0.5, 0.6) is 0 Å². The van der Waals surface area contributed by atoms with Gasteiger partial charge in [0.15, 0.2) is 5.82 Å². The van der Waals surface area contributed by atoms with Gasteiger partial charge in [0.05, 0.1) is 0 Å². The van der Waals surface area contributed by atoms with Crippen LogP contribution in [-0.4, -0.2) is 23.2 Å². The second kappa shape index (κ2) is 5.28. The van der Waals surface area contributed by atoms with E-state index in [1.54, 1.807) is 6.92 Å². The third kappa shape index (κ3) is 2.31. The van der Waals surface area contributed by atoms with Gasteiger partial charge in [-0.2, -0.15) is 4.98 Å². The molecule has 0 saturated carbocycles. The van der Waals surface area contributed by atoms with E-state index in [0.717, 1.165) is 25.9 Å². The van der Waals surface area contributed by atoms with E-state index in [9.17, 15) is 8.78 Å². The highest BCUT2D eigenvalue weighted by Crippen LogP contribution is 2.29. The topological polar surface area (TPSA) is 51.0 Å². The number of hydrogen-bond donors (Lipinski definition) is 1. The van der Waals surface area contributed by atoms with Crippen molar-refractivity contribution in [3.63, 3.8) is 0 Å². The van der Waals surface area contributed by atoms with Crippen LogP contribution in [0.15, 0.2) is 16.7 Å². The Labute approximate surface area is 115 Å². The van der Waals surface area contributed by atoms with Crippen molar-refractivity contribution >= 4 is 0 Å². The quantitative estimate of drug-likeness (QED) is 0.918. The summed E-state index contributed by atoms with van der Waals surface area (Å²) in [7, 11) is 0. The van der Waals surface area contributed by atoms with Gasteiger partial charge in [0, 0.05) is 5.92 Å². The fourth-order valence-electron chi connectivity index (χ4n) is 2.44. The van der Waals surface area contributed by atoms with E-state index in [-0.39, 0.29) is 17.4 Å². The summed E-state index contributed by atoms with van der Waals surface area (Å²) in [4.78, 5) is 4.18. The highest BCUT2D eigenvalue weighted by Gasteiger charge is 2.24. The fraction of sp³-hybridized carbons (Fsp3) is 0.429. The van der Waals surface area contributed by atoms with Crippen molar-refractivity contribution in [2.24, 2.45) is 0 Å². The standard InChI is InChI=1S/C14H15F2N3O/c1-8-2-3-10(15)11(12(8)16)14-18-13(19-20-14)9-4-6-17-7-5-9/h2-3,9,17H,4-7H2,1H3. The lowest BCUT2D eigenvalue weighted by molar-refractivity contribution is 0.390. The molecule has 0 bridgehead atoms. The van der Waals surface area contributed by atoms with Crippen LogP contribution in [-0.2, 0) is 0 Å². The number of nitrogens with zero attached hydrogens (tertiary/aromatic N) is 2. The van der Waals surface area contributed by atoms with Crippen LogP contribution in [0, 0.1) is 18.6 Å². The average molecular weight is 279 g/mol. The normalized spacial score (nSPS) is 16.6. The summed E-state index contributed by atoms with van der Waals surface area (Å²) in [6.45, 7) is 3.35. The Kier molecular flexibility index (Phi) is 3.48. The molecule has 0 radical (unpaired) electrons. The average Bonchev–Trinajstić information content (AvgIpc) is 2.94. The van der Waals surface area contributed by atoms with Crippen molar-refractivity contribution in [3.8, 4) is 11.5 Å². The molecule has 2 aromatic rings. The van der Waals surface area contributed by atoms with Gasteiger partial charge >= 0.3 is 0 Å². The Balaban J connectivity index is 1.96. The molecule has 20 heavy (non-hydrogen) atoms. The van der Waals surface area contributed by atoms with Crippen LogP contribution in [0.1, 0.15) is 30.1 Å². The van der Waals surface area contributed by atoms with Gasteiger partial charge in [-0.1, -0.05) is 11.2 Å². The Morgan fingerprint density at radius 1 is 1.25 bits per heavy atom. The summed E-state index contributed by atoms with van der Waals surface area (Å²) < 4.78 is 32.9. The van der Waals surface area contributed by atoms with Crippen LogP contribution >= 0.6 is 0 Å². The largest absolute Gasteiger partial charge is 0.334 e. The number of halogens is 2. The van der Waals surface area contributed by atoms with Crippen molar-refractivity contribution in [1.29, 1.82) is 0 Å². The Morgan fingerprint density at radius 2 is 2.00 bits per heavy atom. The molecule has 1 saturated heterocycles. The zero-order chi connectivity index (χ0) is 14.1. The molecule has 3 rings (SSSR count). The van der Waals surface area contributed by atoms with Crippen LogP contribution in [0.2, 0.25) is 0 Å². The number of aryl methyl sites for hydroxylation is 1. The molecule has 106 valence electrons. The molecule has 1 aromatic heterocycles. The zero-order valence-corrected chi connectivity index (χ0v) is 11.1. The summed E-state index contributed by atoms with van der Waals surface area (Å²) in [5.74, 6) is -0.706. The molecule has 0 amide bonds. The van der Waals surface area contributed by atoms with Crippen molar-refractivity contribution in [3.05, 3.63) is 35.2 Å². The first-order valence-electron chi connectivity index (χ1n) is 6.66. The number of nitrogens with one attached hydrogen (secondary N) is 1. The van der Waals surface area contributed by atoms with Crippen molar-refractivity contribution in [2.75, 3.05) is 13.1 Å². The second-order valence-corrected chi connectivity index (χ2v) is 5.04. The van der Waals surface area contributed by atoms with Gasteiger partial charge in [-0.3, -0.25) is 0 Å². The fourth-order valence-corrected chi connectivity index (χ4v) is 2.44. The first-order chi connectivity index (χ1) is 9.66. The van der Waals surface area contributed by atoms with E-state index in [4.69, 9.17) is 4.52 Å². The van der Waals surface area contributed by atoms with Gasteiger partial charge in [0.2, 0.25) is 0 Å². The Morgan fingerprint density at radius 3 is 2.75 bits per heavy atom. The van der Waals surface area contributed by atoms with Crippen molar-refractivity contribution < 1.29 is 13.3 Å². The van der Waals surface area contributed by atoms with E-state index < -0.39 is 11.6 Å². The predicted octanol–water partition coefficient (Wildman–Crippen LogP) is 2.79. The van der Waals surface area contributed by atoms with Crippen LogP contribution in [0.25, 0.3) is 11.5 Å². The van der Waals surface area contributed by atoms with Gasteiger partial charge < -0.3 is 9.84 Å². The molecule has 1 aromatic carbocycles. The highest BCUT2D eigenvalue weighted by molar-refractivity contribution is 5.56. The van der Waals surface area contributed by atoms with E-state index >= 15 is 0 Å². The molecule has 1 aliphatic rings. The predicted molar refractivity (Wildman–Crippen MR) is 69.2 cm³/mol. The van der Waals surface area contributed by atoms with Crippen LogP contribution < -0.4 is 5.32 Å². The lowest BCUT2D eigenvalue weighted by atomic mass is 9.97. The maximum Gasteiger partial charge on any atom is 0.263 e. The molecule has 1 N–H and O–H groups in total. The molecule has 0 unspecified atom stereocenters. The minimum absolute atomic E-state index is 0.0859. The molecule has 2 heterocycles. The van der Waals surface area contributed by atoms with Gasteiger partial charge in [-0.25, -0.2) is 8.78 Å². The SMILES string of the molecule is Cc1ccc(F)c(-c2nc(C3CCNCC3)no2)c1F. The van der Waals surface area contributed by atoms with Gasteiger partial charge in [-0.05, 0) is 44.5 Å². The lowest BCUT2D eigenvalue weighted by Gasteiger charge is -2.18. The highest BCUT2D eigenvalue weighted by atomic mass is 19.1. The Hall–Kier alpha value is -1.82. The van der Waals surface area contributed by atoms with Crippen LogP contribution in [0.3, 0.4) is 0 Å². The van der Waals surface area contributed by atoms with Crippen molar-refractivity contribution in [2.45, 2.75) is 25.7 Å². The maximum atomic E-state index is 14.0. The third-order valence-electron chi connectivity index (χ3n) is 3.64. The monoisotopic (exact) mass is 279 g/mol. The van der Waals surface area contributed by atoms with E-state index in [2.05, 4.69) is 15.5 Å². The third-order valence-corrected chi connectivity index (χ3v) is 3.64. The molecular formula is C14H15F2N3O. The minimum Gasteiger partial charge on any atom is -0.334 e. The van der Waals surface area contributed by atoms with E-state index in [0.29, 0.717) is 11.4 Å². The lowest BCUT2D eigenvalue weighted by Crippen LogP contribution is -2.27. The van der Waals surface area contributed by atoms with Crippen LogP contribution in [0.4, 0.5) is 8.78 Å². The summed E-state index contributed by atoms with van der Waals surface area (Å²) in [5, 5.41) is 7.12. The summed E-state index contributed by atoms with van der Waals surface area (Å²) in [6.07, 6.45) is 1.80. The number of hydrogen-bond acceptors (Lipinski definition) is 4. The maximum absolute atomic E-state index is 14.0. The summed E-state index contributed by atoms with van der Waals surface area (Å²) in [6, 6.07) is 2.60. The van der Waals surface area contributed by atoms with Gasteiger partial charge in [0.1, 0.15) is 17.2 Å². The summed E-state index contributed by atoms with van der Waals surface area (Å²) >= 11 is 0. The first-order valence-corrected chi connectivity index (χ1v) is 6.66.